The van der Waals surface area contributed by atoms with Crippen LogP contribution in [0.5, 0.6) is 0 Å². The average Bonchev–Trinajstić information content (AvgIpc) is 3.45. The fourth-order valence-electron chi connectivity index (χ4n) is 5.51. The molecule has 2 amide bonds. The number of hydrogen-bond donors (Lipinski definition) is 2. The number of benzene rings is 2. The van der Waals surface area contributed by atoms with E-state index in [4.69, 9.17) is 9.84 Å². The zero-order valence-corrected chi connectivity index (χ0v) is 19.8. The quantitative estimate of drug-likeness (QED) is 0.559. The number of carbonyl (C=O) groups is 3. The zero-order valence-electron chi connectivity index (χ0n) is 19.8. The third-order valence-electron chi connectivity index (χ3n) is 7.56. The molecule has 1 saturated carbocycles. The second kappa shape index (κ2) is 10.1. The highest BCUT2D eigenvalue weighted by molar-refractivity contribution is 5.86. The largest absolute Gasteiger partial charge is 0.481 e. The molecular formula is C28H32N2O5. The highest BCUT2D eigenvalue weighted by Gasteiger charge is 2.36. The van der Waals surface area contributed by atoms with E-state index in [2.05, 4.69) is 29.6 Å². The van der Waals surface area contributed by atoms with Crippen molar-refractivity contribution >= 4 is 18.0 Å². The lowest BCUT2D eigenvalue weighted by Gasteiger charge is -2.25. The van der Waals surface area contributed by atoms with E-state index in [1.54, 1.807) is 4.90 Å². The molecule has 35 heavy (non-hydrogen) atoms. The van der Waals surface area contributed by atoms with Gasteiger partial charge in [0.1, 0.15) is 12.6 Å². The number of nitrogens with one attached hydrogen (secondary N) is 1. The lowest BCUT2D eigenvalue weighted by Crippen LogP contribution is -2.48. The molecule has 1 heterocycles. The number of amides is 2. The second-order valence-electron chi connectivity index (χ2n) is 10.1. The Kier molecular flexibility index (Phi) is 6.75. The number of carboxylic acids is 1. The Morgan fingerprint density at radius 3 is 2.26 bits per heavy atom. The molecule has 1 saturated heterocycles. The van der Waals surface area contributed by atoms with Crippen molar-refractivity contribution in [3.8, 4) is 11.1 Å². The number of carboxylic acid groups (broad SMARTS) is 1. The van der Waals surface area contributed by atoms with Crippen LogP contribution in [-0.4, -0.2) is 53.7 Å². The summed E-state index contributed by atoms with van der Waals surface area (Å²) in [5.74, 6) is -0.254. The average molecular weight is 477 g/mol. The Balaban J connectivity index is 1.20. The third kappa shape index (κ3) is 5.34. The van der Waals surface area contributed by atoms with Gasteiger partial charge in [-0.05, 0) is 53.4 Å². The maximum absolute atomic E-state index is 13.3. The summed E-state index contributed by atoms with van der Waals surface area (Å²) in [6.07, 6.45) is 3.73. The fourth-order valence-corrected chi connectivity index (χ4v) is 5.51. The molecule has 2 unspecified atom stereocenters. The first-order valence-electron chi connectivity index (χ1n) is 12.6. The van der Waals surface area contributed by atoms with Crippen LogP contribution in [0.3, 0.4) is 0 Å². The van der Waals surface area contributed by atoms with Crippen molar-refractivity contribution in [3.63, 3.8) is 0 Å². The van der Waals surface area contributed by atoms with E-state index < -0.39 is 18.1 Å². The summed E-state index contributed by atoms with van der Waals surface area (Å²) in [4.78, 5) is 38.7. The van der Waals surface area contributed by atoms with Crippen LogP contribution >= 0.6 is 0 Å². The molecule has 0 radical (unpaired) electrons. The van der Waals surface area contributed by atoms with E-state index in [1.807, 2.05) is 24.3 Å². The number of alkyl carbamates (subject to hydrolysis) is 1. The summed E-state index contributed by atoms with van der Waals surface area (Å²) >= 11 is 0. The molecule has 3 aliphatic rings. The minimum atomic E-state index is -0.807. The van der Waals surface area contributed by atoms with Gasteiger partial charge in [0.15, 0.2) is 0 Å². The Labute approximate surface area is 205 Å². The highest BCUT2D eigenvalue weighted by atomic mass is 16.5. The smallest absolute Gasteiger partial charge is 0.407 e. The molecule has 2 aliphatic carbocycles. The molecular weight excluding hydrogens is 444 g/mol. The van der Waals surface area contributed by atoms with Gasteiger partial charge in [0.25, 0.3) is 0 Å². The lowest BCUT2D eigenvalue weighted by molar-refractivity contribution is -0.137. The molecule has 1 aliphatic heterocycles. The number of rotatable bonds is 9. The maximum Gasteiger partial charge on any atom is 0.407 e. The van der Waals surface area contributed by atoms with Gasteiger partial charge in [0.05, 0.1) is 0 Å². The van der Waals surface area contributed by atoms with Gasteiger partial charge < -0.3 is 20.1 Å². The Bertz CT molecular complexity index is 1070. The molecule has 2 aromatic rings. The second-order valence-corrected chi connectivity index (χ2v) is 10.1. The van der Waals surface area contributed by atoms with Crippen molar-refractivity contribution in [1.29, 1.82) is 0 Å². The predicted octanol–water partition coefficient (Wildman–Crippen LogP) is 4.41. The molecule has 7 nitrogen and oxygen atoms in total. The summed E-state index contributed by atoms with van der Waals surface area (Å²) in [6, 6.07) is 15.8. The van der Waals surface area contributed by atoms with E-state index >= 15 is 0 Å². The van der Waals surface area contributed by atoms with Gasteiger partial charge in [-0.1, -0.05) is 61.4 Å². The van der Waals surface area contributed by atoms with Crippen LogP contribution in [0.2, 0.25) is 0 Å². The van der Waals surface area contributed by atoms with Crippen LogP contribution in [0.25, 0.3) is 11.1 Å². The van der Waals surface area contributed by atoms with Crippen LogP contribution in [0.15, 0.2) is 48.5 Å². The predicted molar refractivity (Wildman–Crippen MR) is 131 cm³/mol. The van der Waals surface area contributed by atoms with Crippen molar-refractivity contribution in [2.75, 3.05) is 19.7 Å². The summed E-state index contributed by atoms with van der Waals surface area (Å²) < 4.78 is 5.68. The molecule has 2 N–H and O–H groups in total. The number of aliphatic carboxylic acids is 1. The number of nitrogens with zero attached hydrogens (tertiary/aromatic N) is 1. The zero-order chi connectivity index (χ0) is 24.4. The van der Waals surface area contributed by atoms with Gasteiger partial charge in [-0.3, -0.25) is 9.59 Å². The molecule has 2 fully saturated rings. The van der Waals surface area contributed by atoms with Crippen molar-refractivity contribution in [3.05, 3.63) is 59.7 Å². The molecule has 2 aromatic carbocycles. The molecule has 0 spiro atoms. The van der Waals surface area contributed by atoms with Crippen molar-refractivity contribution < 1.29 is 24.2 Å². The van der Waals surface area contributed by atoms with Gasteiger partial charge in [-0.15, -0.1) is 0 Å². The van der Waals surface area contributed by atoms with Gasteiger partial charge in [0, 0.05) is 25.4 Å². The van der Waals surface area contributed by atoms with Crippen LogP contribution < -0.4 is 5.32 Å². The van der Waals surface area contributed by atoms with E-state index in [9.17, 15) is 14.4 Å². The summed E-state index contributed by atoms with van der Waals surface area (Å²) in [7, 11) is 0. The summed E-state index contributed by atoms with van der Waals surface area (Å²) in [6.45, 7) is 1.38. The summed E-state index contributed by atoms with van der Waals surface area (Å²) in [5.41, 5.74) is 4.64. The molecule has 184 valence electrons. The van der Waals surface area contributed by atoms with E-state index in [0.717, 1.165) is 30.4 Å². The van der Waals surface area contributed by atoms with Gasteiger partial charge in [-0.25, -0.2) is 4.79 Å². The normalized spacial score (nSPS) is 19.7. The third-order valence-corrected chi connectivity index (χ3v) is 7.56. The van der Waals surface area contributed by atoms with Crippen LogP contribution in [-0.2, 0) is 14.3 Å². The van der Waals surface area contributed by atoms with Crippen molar-refractivity contribution in [1.82, 2.24) is 10.2 Å². The Morgan fingerprint density at radius 2 is 1.63 bits per heavy atom. The lowest BCUT2D eigenvalue weighted by atomic mass is 9.98. The molecule has 2 atom stereocenters. The van der Waals surface area contributed by atoms with E-state index in [0.29, 0.717) is 31.8 Å². The SMILES string of the molecule is O=C(O)CCC1CCN(C(=O)C(CC2CC2)NC(=O)OCC2c3ccccc3-c3ccccc32)C1. The summed E-state index contributed by atoms with van der Waals surface area (Å²) in [5, 5.41) is 11.8. The Morgan fingerprint density at radius 1 is 0.971 bits per heavy atom. The first kappa shape index (κ1) is 23.4. The number of ether oxygens (including phenoxy) is 1. The Hall–Kier alpha value is -3.35. The standard InChI is InChI=1S/C28H32N2O5/c31-26(32)12-11-19-13-14-30(16-19)27(33)25(15-18-9-10-18)29-28(34)35-17-24-22-7-3-1-5-20(22)21-6-2-4-8-23(21)24/h1-8,18-19,24-25H,9-17H2,(H,29,34)(H,31,32). The minimum Gasteiger partial charge on any atom is -0.481 e. The first-order valence-corrected chi connectivity index (χ1v) is 12.6. The van der Waals surface area contributed by atoms with Crippen LogP contribution in [0, 0.1) is 11.8 Å². The number of fused-ring (bicyclic) bond motifs is 3. The van der Waals surface area contributed by atoms with Crippen molar-refractivity contribution in [2.45, 2.75) is 50.5 Å². The molecule has 0 bridgehead atoms. The van der Waals surface area contributed by atoms with Crippen LogP contribution in [0.4, 0.5) is 4.79 Å². The molecule has 7 heteroatoms. The highest BCUT2D eigenvalue weighted by Crippen LogP contribution is 2.44. The molecule has 5 rings (SSSR count). The topological polar surface area (TPSA) is 95.9 Å². The van der Waals surface area contributed by atoms with Crippen LogP contribution in [0.1, 0.15) is 55.6 Å². The first-order chi connectivity index (χ1) is 17.0. The van der Waals surface area contributed by atoms with E-state index in [1.165, 1.54) is 11.1 Å². The number of likely N-dealkylation sites (tertiary alicyclic amines) is 1. The number of hydrogen-bond acceptors (Lipinski definition) is 4. The fraction of sp³-hybridized carbons (Fsp3) is 0.464. The van der Waals surface area contributed by atoms with Gasteiger partial charge in [0.2, 0.25) is 5.91 Å². The maximum atomic E-state index is 13.3. The van der Waals surface area contributed by atoms with E-state index in [-0.39, 0.29) is 30.8 Å². The van der Waals surface area contributed by atoms with Gasteiger partial charge in [-0.2, -0.15) is 0 Å². The molecule has 0 aromatic heterocycles. The van der Waals surface area contributed by atoms with Crippen molar-refractivity contribution in [2.24, 2.45) is 11.8 Å². The monoisotopic (exact) mass is 476 g/mol. The van der Waals surface area contributed by atoms with Gasteiger partial charge >= 0.3 is 12.1 Å². The minimum absolute atomic E-state index is 0.0284. The number of carbonyl (C=O) groups excluding carboxylic acids is 2.